The molecule has 1 atom stereocenters. The molecule has 1 heterocycles. The van der Waals surface area contributed by atoms with E-state index in [2.05, 4.69) is 18.7 Å². The van der Waals surface area contributed by atoms with Gasteiger partial charge < -0.3 is 5.73 Å². The number of hydrogen-bond acceptors (Lipinski definition) is 2. The molecule has 0 aromatic carbocycles. The summed E-state index contributed by atoms with van der Waals surface area (Å²) < 4.78 is 0. The minimum Gasteiger partial charge on any atom is -0.328 e. The summed E-state index contributed by atoms with van der Waals surface area (Å²) in [7, 11) is 0. The predicted octanol–water partition coefficient (Wildman–Crippen LogP) is 2.91. The molecule has 1 unspecified atom stereocenters. The van der Waals surface area contributed by atoms with Crippen LogP contribution < -0.4 is 5.73 Å². The lowest BCUT2D eigenvalue weighted by Crippen LogP contribution is -2.57. The van der Waals surface area contributed by atoms with Crippen molar-refractivity contribution in [3.63, 3.8) is 0 Å². The van der Waals surface area contributed by atoms with Crippen molar-refractivity contribution in [3.05, 3.63) is 0 Å². The Bertz CT molecular complexity index is 217. The second-order valence-electron chi connectivity index (χ2n) is 6.40. The third kappa shape index (κ3) is 2.78. The summed E-state index contributed by atoms with van der Waals surface area (Å²) >= 11 is 0. The molecule has 16 heavy (non-hydrogen) atoms. The van der Waals surface area contributed by atoms with Gasteiger partial charge >= 0.3 is 0 Å². The van der Waals surface area contributed by atoms with Gasteiger partial charge in [-0.15, -0.1) is 0 Å². The number of hydrogen-bond donors (Lipinski definition) is 1. The van der Waals surface area contributed by atoms with E-state index < -0.39 is 0 Å². The Morgan fingerprint density at radius 2 is 1.62 bits per heavy atom. The third-order valence-corrected chi connectivity index (χ3v) is 4.55. The van der Waals surface area contributed by atoms with Gasteiger partial charge in [-0.2, -0.15) is 0 Å². The minimum atomic E-state index is 0.326. The SMILES string of the molecule is CC1(C)CC(N)CCN1C1CCCCCC1. The van der Waals surface area contributed by atoms with Gasteiger partial charge in [-0.05, 0) is 39.5 Å². The first kappa shape index (κ1) is 12.4. The van der Waals surface area contributed by atoms with Crippen LogP contribution in [0.4, 0.5) is 0 Å². The molecule has 1 aliphatic carbocycles. The van der Waals surface area contributed by atoms with Gasteiger partial charge in [0.15, 0.2) is 0 Å². The van der Waals surface area contributed by atoms with E-state index in [1.807, 2.05) is 0 Å². The molecular formula is C14H28N2. The number of piperidine rings is 1. The lowest BCUT2D eigenvalue weighted by atomic mass is 9.85. The number of likely N-dealkylation sites (tertiary alicyclic amines) is 1. The summed E-state index contributed by atoms with van der Waals surface area (Å²) in [6, 6.07) is 1.27. The highest BCUT2D eigenvalue weighted by Gasteiger charge is 2.37. The topological polar surface area (TPSA) is 29.3 Å². The molecule has 0 spiro atoms. The van der Waals surface area contributed by atoms with Crippen molar-refractivity contribution in [2.24, 2.45) is 5.73 Å². The molecule has 0 amide bonds. The molecule has 1 saturated carbocycles. The van der Waals surface area contributed by atoms with Crippen LogP contribution in [-0.2, 0) is 0 Å². The van der Waals surface area contributed by atoms with Gasteiger partial charge in [0.25, 0.3) is 0 Å². The van der Waals surface area contributed by atoms with E-state index in [9.17, 15) is 0 Å². The van der Waals surface area contributed by atoms with Gasteiger partial charge in [-0.1, -0.05) is 25.7 Å². The number of nitrogens with two attached hydrogens (primary N) is 1. The van der Waals surface area contributed by atoms with Gasteiger partial charge in [-0.25, -0.2) is 0 Å². The largest absolute Gasteiger partial charge is 0.328 e. The molecular weight excluding hydrogens is 196 g/mol. The van der Waals surface area contributed by atoms with E-state index in [1.54, 1.807) is 0 Å². The summed E-state index contributed by atoms with van der Waals surface area (Å²) in [5.41, 5.74) is 6.43. The predicted molar refractivity (Wildman–Crippen MR) is 69.5 cm³/mol. The molecule has 2 aliphatic rings. The van der Waals surface area contributed by atoms with Crippen LogP contribution in [0.3, 0.4) is 0 Å². The Morgan fingerprint density at radius 3 is 2.19 bits per heavy atom. The highest BCUT2D eigenvalue weighted by Crippen LogP contribution is 2.33. The summed E-state index contributed by atoms with van der Waals surface area (Å²) in [6.45, 7) is 5.99. The molecule has 1 aliphatic heterocycles. The van der Waals surface area contributed by atoms with E-state index in [4.69, 9.17) is 5.73 Å². The Hall–Kier alpha value is -0.0800. The fourth-order valence-corrected chi connectivity index (χ4v) is 3.71. The highest BCUT2D eigenvalue weighted by atomic mass is 15.2. The van der Waals surface area contributed by atoms with Crippen molar-refractivity contribution in [3.8, 4) is 0 Å². The molecule has 1 saturated heterocycles. The van der Waals surface area contributed by atoms with Crippen molar-refractivity contribution in [1.29, 1.82) is 0 Å². The van der Waals surface area contributed by atoms with E-state index in [-0.39, 0.29) is 0 Å². The normalized spacial score (nSPS) is 33.6. The first-order valence-corrected chi connectivity index (χ1v) is 7.12. The fourth-order valence-electron chi connectivity index (χ4n) is 3.71. The zero-order chi connectivity index (χ0) is 11.6. The molecule has 2 fully saturated rings. The first-order chi connectivity index (χ1) is 7.59. The Labute approximate surface area is 101 Å². The molecule has 0 radical (unpaired) electrons. The van der Waals surface area contributed by atoms with Crippen molar-refractivity contribution < 1.29 is 0 Å². The van der Waals surface area contributed by atoms with Crippen LogP contribution in [0.15, 0.2) is 0 Å². The molecule has 2 N–H and O–H groups in total. The molecule has 2 rings (SSSR count). The molecule has 2 heteroatoms. The molecule has 0 bridgehead atoms. The van der Waals surface area contributed by atoms with E-state index in [1.165, 1.54) is 57.9 Å². The van der Waals surface area contributed by atoms with Gasteiger partial charge in [0, 0.05) is 24.2 Å². The summed E-state index contributed by atoms with van der Waals surface area (Å²) in [4.78, 5) is 2.77. The zero-order valence-electron chi connectivity index (χ0n) is 11.0. The molecule has 0 aromatic heterocycles. The second-order valence-corrected chi connectivity index (χ2v) is 6.40. The van der Waals surface area contributed by atoms with Crippen LogP contribution in [0.1, 0.15) is 65.2 Å². The molecule has 0 aromatic rings. The summed E-state index contributed by atoms with van der Waals surface area (Å²) in [5.74, 6) is 0. The van der Waals surface area contributed by atoms with E-state index >= 15 is 0 Å². The van der Waals surface area contributed by atoms with Gasteiger partial charge in [0.2, 0.25) is 0 Å². The van der Waals surface area contributed by atoms with E-state index in [0.717, 1.165) is 6.04 Å². The molecule has 94 valence electrons. The van der Waals surface area contributed by atoms with Gasteiger partial charge in [0.1, 0.15) is 0 Å². The Kier molecular flexibility index (Phi) is 3.91. The Balaban J connectivity index is 2.01. The van der Waals surface area contributed by atoms with Gasteiger partial charge in [-0.3, -0.25) is 4.90 Å². The summed E-state index contributed by atoms with van der Waals surface area (Å²) in [5, 5.41) is 0. The lowest BCUT2D eigenvalue weighted by Gasteiger charge is -2.49. The standard InChI is InChI=1S/C14H28N2/c1-14(2)11-12(15)9-10-16(14)13-7-5-3-4-6-8-13/h12-13H,3-11,15H2,1-2H3. The maximum Gasteiger partial charge on any atom is 0.0170 e. The minimum absolute atomic E-state index is 0.326. The molecule has 2 nitrogen and oxygen atoms in total. The van der Waals surface area contributed by atoms with Crippen LogP contribution >= 0.6 is 0 Å². The van der Waals surface area contributed by atoms with Crippen molar-refractivity contribution in [2.75, 3.05) is 6.54 Å². The monoisotopic (exact) mass is 224 g/mol. The summed E-state index contributed by atoms with van der Waals surface area (Å²) in [6.07, 6.45) is 11.0. The van der Waals surface area contributed by atoms with Crippen molar-refractivity contribution >= 4 is 0 Å². The van der Waals surface area contributed by atoms with Crippen LogP contribution in [0, 0.1) is 0 Å². The van der Waals surface area contributed by atoms with Crippen molar-refractivity contribution in [1.82, 2.24) is 4.90 Å². The lowest BCUT2D eigenvalue weighted by molar-refractivity contribution is 0.0192. The van der Waals surface area contributed by atoms with E-state index in [0.29, 0.717) is 11.6 Å². The van der Waals surface area contributed by atoms with Crippen molar-refractivity contribution in [2.45, 2.75) is 82.8 Å². The van der Waals surface area contributed by atoms with Crippen LogP contribution in [0.25, 0.3) is 0 Å². The first-order valence-electron chi connectivity index (χ1n) is 7.12. The quantitative estimate of drug-likeness (QED) is 0.694. The zero-order valence-corrected chi connectivity index (χ0v) is 11.0. The fraction of sp³-hybridized carbons (Fsp3) is 1.00. The smallest absolute Gasteiger partial charge is 0.0170 e. The average Bonchev–Trinajstić information content (AvgIpc) is 2.44. The maximum atomic E-state index is 6.11. The Morgan fingerprint density at radius 1 is 1.00 bits per heavy atom. The maximum absolute atomic E-state index is 6.11. The second kappa shape index (κ2) is 5.05. The van der Waals surface area contributed by atoms with Gasteiger partial charge in [0.05, 0.1) is 0 Å². The highest BCUT2D eigenvalue weighted by molar-refractivity contribution is 4.94. The van der Waals surface area contributed by atoms with Crippen LogP contribution in [0.2, 0.25) is 0 Å². The van der Waals surface area contributed by atoms with Crippen LogP contribution in [-0.4, -0.2) is 29.1 Å². The van der Waals surface area contributed by atoms with Crippen LogP contribution in [0.5, 0.6) is 0 Å². The number of rotatable bonds is 1. The average molecular weight is 224 g/mol. The third-order valence-electron chi connectivity index (χ3n) is 4.55. The number of nitrogens with zero attached hydrogens (tertiary/aromatic N) is 1.